The van der Waals surface area contributed by atoms with Crippen molar-refractivity contribution in [2.75, 3.05) is 13.1 Å². The molecular formula is C17H26ClFN2O2. The first-order valence-corrected chi connectivity index (χ1v) is 7.92. The third-order valence-corrected chi connectivity index (χ3v) is 3.91. The van der Waals surface area contributed by atoms with E-state index in [1.807, 2.05) is 4.90 Å². The van der Waals surface area contributed by atoms with Gasteiger partial charge in [0.2, 0.25) is 5.91 Å². The van der Waals surface area contributed by atoms with E-state index in [2.05, 4.69) is 13.8 Å². The van der Waals surface area contributed by atoms with Crippen LogP contribution in [0.3, 0.4) is 0 Å². The summed E-state index contributed by atoms with van der Waals surface area (Å²) < 4.78 is 18.7. The molecule has 1 aromatic carbocycles. The maximum absolute atomic E-state index is 12.9. The second-order valence-electron chi connectivity index (χ2n) is 6.33. The molecule has 0 bridgehead atoms. The van der Waals surface area contributed by atoms with Crippen LogP contribution >= 0.6 is 12.4 Å². The smallest absolute Gasteiger partial charge is 0.239 e. The number of carbonyl (C=O) groups is 1. The molecule has 1 atom stereocenters. The molecule has 1 aliphatic rings. The van der Waals surface area contributed by atoms with Crippen molar-refractivity contribution in [2.45, 2.75) is 45.3 Å². The molecule has 23 heavy (non-hydrogen) atoms. The molecule has 6 heteroatoms. The molecule has 1 saturated heterocycles. The molecule has 0 aromatic heterocycles. The maximum atomic E-state index is 12.9. The average Bonchev–Trinajstić information content (AvgIpc) is 2.49. The number of amides is 1. The van der Waals surface area contributed by atoms with Gasteiger partial charge in [0.15, 0.2) is 0 Å². The van der Waals surface area contributed by atoms with Crippen LogP contribution in [0.1, 0.15) is 33.1 Å². The van der Waals surface area contributed by atoms with E-state index in [0.717, 1.165) is 12.8 Å². The predicted molar refractivity (Wildman–Crippen MR) is 91.3 cm³/mol. The maximum Gasteiger partial charge on any atom is 0.239 e. The van der Waals surface area contributed by atoms with Gasteiger partial charge in [0.1, 0.15) is 17.7 Å². The number of rotatable bonds is 5. The minimum absolute atomic E-state index is 0. The van der Waals surface area contributed by atoms with Crippen molar-refractivity contribution in [1.82, 2.24) is 4.90 Å². The fourth-order valence-electron chi connectivity index (χ4n) is 2.74. The first-order valence-electron chi connectivity index (χ1n) is 7.92. The summed E-state index contributed by atoms with van der Waals surface area (Å²) in [5.74, 6) is 0.849. The van der Waals surface area contributed by atoms with Crippen LogP contribution in [0.15, 0.2) is 24.3 Å². The summed E-state index contributed by atoms with van der Waals surface area (Å²) in [6.07, 6.45) is 2.33. The molecule has 1 fully saturated rings. The van der Waals surface area contributed by atoms with Gasteiger partial charge in [-0.25, -0.2) is 4.39 Å². The number of hydrogen-bond acceptors (Lipinski definition) is 3. The number of hydrogen-bond donors (Lipinski definition) is 1. The Morgan fingerprint density at radius 3 is 2.39 bits per heavy atom. The van der Waals surface area contributed by atoms with Gasteiger partial charge in [0.25, 0.3) is 0 Å². The van der Waals surface area contributed by atoms with Gasteiger partial charge in [-0.1, -0.05) is 13.8 Å². The summed E-state index contributed by atoms with van der Waals surface area (Å²) in [4.78, 5) is 14.1. The summed E-state index contributed by atoms with van der Waals surface area (Å²) in [6.45, 7) is 5.46. The Morgan fingerprint density at radius 1 is 1.30 bits per heavy atom. The quantitative estimate of drug-likeness (QED) is 0.893. The minimum Gasteiger partial charge on any atom is -0.490 e. The van der Waals surface area contributed by atoms with Crippen molar-refractivity contribution in [3.8, 4) is 5.75 Å². The van der Waals surface area contributed by atoms with E-state index in [4.69, 9.17) is 10.5 Å². The fourth-order valence-corrected chi connectivity index (χ4v) is 2.74. The predicted octanol–water partition coefficient (Wildman–Crippen LogP) is 2.99. The monoisotopic (exact) mass is 344 g/mol. The van der Waals surface area contributed by atoms with Gasteiger partial charge >= 0.3 is 0 Å². The van der Waals surface area contributed by atoms with Crippen LogP contribution in [0.2, 0.25) is 0 Å². The van der Waals surface area contributed by atoms with E-state index in [-0.39, 0.29) is 30.2 Å². The Labute approximate surface area is 143 Å². The number of nitrogens with two attached hydrogens (primary N) is 1. The normalized spacial score (nSPS) is 16.8. The topological polar surface area (TPSA) is 55.6 Å². The Morgan fingerprint density at radius 2 is 1.87 bits per heavy atom. The lowest BCUT2D eigenvalue weighted by Gasteiger charge is -2.33. The van der Waals surface area contributed by atoms with Gasteiger partial charge < -0.3 is 15.4 Å². The second-order valence-corrected chi connectivity index (χ2v) is 6.33. The third-order valence-electron chi connectivity index (χ3n) is 3.91. The van der Waals surface area contributed by atoms with E-state index < -0.39 is 6.04 Å². The van der Waals surface area contributed by atoms with Crippen molar-refractivity contribution in [1.29, 1.82) is 0 Å². The van der Waals surface area contributed by atoms with Gasteiger partial charge in [0, 0.05) is 25.9 Å². The molecule has 1 heterocycles. The molecule has 4 nitrogen and oxygen atoms in total. The van der Waals surface area contributed by atoms with Crippen LogP contribution in [-0.2, 0) is 4.79 Å². The van der Waals surface area contributed by atoms with Gasteiger partial charge in [-0.15, -0.1) is 12.4 Å². The molecule has 130 valence electrons. The first-order chi connectivity index (χ1) is 10.5. The zero-order chi connectivity index (χ0) is 16.1. The van der Waals surface area contributed by atoms with E-state index >= 15 is 0 Å². The number of benzene rings is 1. The lowest BCUT2D eigenvalue weighted by molar-refractivity contribution is -0.134. The summed E-state index contributed by atoms with van der Waals surface area (Å²) >= 11 is 0. The van der Waals surface area contributed by atoms with Crippen LogP contribution in [0.5, 0.6) is 5.75 Å². The highest BCUT2D eigenvalue weighted by Crippen LogP contribution is 2.20. The minimum atomic E-state index is -0.408. The van der Waals surface area contributed by atoms with Crippen molar-refractivity contribution in [3.05, 3.63) is 30.1 Å². The lowest BCUT2D eigenvalue weighted by atomic mass is 10.0. The van der Waals surface area contributed by atoms with Crippen molar-refractivity contribution >= 4 is 18.3 Å². The highest BCUT2D eigenvalue weighted by Gasteiger charge is 2.27. The Balaban J connectivity index is 0.00000264. The SMILES string of the molecule is CC(C)C[C@H](N)C(=O)N1CCC(Oc2ccc(F)cc2)CC1.Cl. The highest BCUT2D eigenvalue weighted by molar-refractivity contribution is 5.85. The standard InChI is InChI=1S/C17H25FN2O2.ClH/c1-12(2)11-16(19)17(21)20-9-7-15(8-10-20)22-14-5-3-13(18)4-6-14;/h3-6,12,15-16H,7-11,19H2,1-2H3;1H/t16-;/m0./s1. The van der Waals surface area contributed by atoms with Gasteiger partial charge in [-0.05, 0) is 36.6 Å². The van der Waals surface area contributed by atoms with E-state index in [1.165, 1.54) is 12.1 Å². The average molecular weight is 345 g/mol. The van der Waals surface area contributed by atoms with Gasteiger partial charge in [-0.3, -0.25) is 4.79 Å². The van der Waals surface area contributed by atoms with Gasteiger partial charge in [0.05, 0.1) is 6.04 Å². The highest BCUT2D eigenvalue weighted by atomic mass is 35.5. The molecular weight excluding hydrogens is 319 g/mol. The molecule has 1 amide bonds. The number of halogens is 2. The molecule has 0 unspecified atom stereocenters. The fraction of sp³-hybridized carbons (Fsp3) is 0.588. The van der Waals surface area contributed by atoms with Crippen LogP contribution in [-0.4, -0.2) is 36.0 Å². The zero-order valence-electron chi connectivity index (χ0n) is 13.7. The number of ether oxygens (including phenoxy) is 1. The Kier molecular flexibility index (Phi) is 7.79. The Bertz CT molecular complexity index is 488. The molecule has 2 rings (SSSR count). The van der Waals surface area contributed by atoms with E-state index in [0.29, 0.717) is 31.2 Å². The van der Waals surface area contributed by atoms with Crippen molar-refractivity contribution in [3.63, 3.8) is 0 Å². The molecule has 2 N–H and O–H groups in total. The molecule has 0 spiro atoms. The van der Waals surface area contributed by atoms with Crippen molar-refractivity contribution < 1.29 is 13.9 Å². The second kappa shape index (κ2) is 9.08. The zero-order valence-corrected chi connectivity index (χ0v) is 14.5. The van der Waals surface area contributed by atoms with Crippen molar-refractivity contribution in [2.24, 2.45) is 11.7 Å². The van der Waals surface area contributed by atoms with Crippen LogP contribution in [0, 0.1) is 11.7 Å². The van der Waals surface area contributed by atoms with Gasteiger partial charge in [-0.2, -0.15) is 0 Å². The summed E-state index contributed by atoms with van der Waals surface area (Å²) in [7, 11) is 0. The summed E-state index contributed by atoms with van der Waals surface area (Å²) in [6, 6.07) is 5.63. The van der Waals surface area contributed by atoms with Crippen LogP contribution in [0.25, 0.3) is 0 Å². The number of piperidine rings is 1. The number of nitrogens with zero attached hydrogens (tertiary/aromatic N) is 1. The summed E-state index contributed by atoms with van der Waals surface area (Å²) in [5, 5.41) is 0. The Hall–Kier alpha value is -1.33. The van der Waals surface area contributed by atoms with Crippen LogP contribution in [0.4, 0.5) is 4.39 Å². The van der Waals surface area contributed by atoms with E-state index in [1.54, 1.807) is 12.1 Å². The largest absolute Gasteiger partial charge is 0.490 e. The van der Waals surface area contributed by atoms with Crippen LogP contribution < -0.4 is 10.5 Å². The molecule has 0 radical (unpaired) electrons. The first kappa shape index (κ1) is 19.7. The summed E-state index contributed by atoms with van der Waals surface area (Å²) in [5.41, 5.74) is 5.96. The van der Waals surface area contributed by atoms with E-state index in [9.17, 15) is 9.18 Å². The third kappa shape index (κ3) is 5.99. The number of likely N-dealkylation sites (tertiary alicyclic amines) is 1. The molecule has 0 saturated carbocycles. The molecule has 1 aliphatic heterocycles. The lowest BCUT2D eigenvalue weighted by Crippen LogP contribution is -2.49. The molecule has 1 aromatic rings. The number of carbonyl (C=O) groups excluding carboxylic acids is 1. The molecule has 0 aliphatic carbocycles.